The highest BCUT2D eigenvalue weighted by atomic mass is 32.2. The lowest BCUT2D eigenvalue weighted by atomic mass is 9.89. The maximum Gasteiger partial charge on any atom is 0.257 e. The first-order valence-electron chi connectivity index (χ1n) is 7.79. The van der Waals surface area contributed by atoms with E-state index in [9.17, 15) is 9.00 Å². The van der Waals surface area contributed by atoms with E-state index in [4.69, 9.17) is 0 Å². The number of benzene rings is 1. The first-order chi connectivity index (χ1) is 11.4. The Morgan fingerprint density at radius 3 is 2.58 bits per heavy atom. The second-order valence-corrected chi connectivity index (χ2v) is 8.54. The second-order valence-electron chi connectivity index (χ2n) is 6.28. The number of aromatic amines is 1. The van der Waals surface area contributed by atoms with Crippen molar-refractivity contribution in [3.63, 3.8) is 0 Å². The average Bonchev–Trinajstić information content (AvgIpc) is 3.02. The van der Waals surface area contributed by atoms with Gasteiger partial charge in [-0.25, -0.2) is 4.21 Å². The zero-order chi connectivity index (χ0) is 17.3. The molecule has 1 heterocycles. The van der Waals surface area contributed by atoms with Crippen LogP contribution in [0.25, 0.3) is 0 Å². The van der Waals surface area contributed by atoms with Crippen molar-refractivity contribution in [1.29, 1.82) is 0 Å². The van der Waals surface area contributed by atoms with Crippen LogP contribution in [0.15, 0.2) is 33.5 Å². The molecule has 1 aliphatic rings. The number of rotatable bonds is 3. The molecule has 1 aromatic carbocycles. The molecule has 1 amide bonds. The number of carbonyl (C=O) groups excluding carboxylic acids is 1. The highest BCUT2D eigenvalue weighted by Gasteiger charge is 2.28. The fourth-order valence-corrected chi connectivity index (χ4v) is 4.03. The summed E-state index contributed by atoms with van der Waals surface area (Å²) in [6.45, 7) is 0. The Hall–Kier alpha value is -2.22. The zero-order valence-corrected chi connectivity index (χ0v) is 14.8. The third kappa shape index (κ3) is 3.33. The summed E-state index contributed by atoms with van der Waals surface area (Å²) in [7, 11) is 1.12. The van der Waals surface area contributed by atoms with E-state index in [1.807, 2.05) is 31.1 Å². The monoisotopic (exact) mass is 347 g/mol. The molecule has 0 aliphatic heterocycles. The van der Waals surface area contributed by atoms with E-state index in [2.05, 4.69) is 19.8 Å². The predicted octanol–water partition coefficient (Wildman–Crippen LogP) is 1.66. The number of nitrogens with one attached hydrogen (secondary N) is 1. The van der Waals surface area contributed by atoms with E-state index in [1.165, 1.54) is 6.26 Å². The molecule has 0 radical (unpaired) electrons. The molecule has 0 unspecified atom stereocenters. The fourth-order valence-electron chi connectivity index (χ4n) is 2.79. The Balaban J connectivity index is 1.81. The van der Waals surface area contributed by atoms with Crippen molar-refractivity contribution < 1.29 is 9.00 Å². The summed E-state index contributed by atoms with van der Waals surface area (Å²) in [5, 5.41) is 10.7. The van der Waals surface area contributed by atoms with Gasteiger partial charge >= 0.3 is 0 Å². The number of nitrogens with zero attached hydrogens (tertiary/aromatic N) is 4. The lowest BCUT2D eigenvalue weighted by Gasteiger charge is -2.17. The van der Waals surface area contributed by atoms with Crippen molar-refractivity contribution in [3.05, 3.63) is 35.7 Å². The van der Waals surface area contributed by atoms with Gasteiger partial charge in [-0.05, 0) is 37.1 Å². The van der Waals surface area contributed by atoms with E-state index in [1.54, 1.807) is 12.1 Å². The molecule has 0 saturated heterocycles. The van der Waals surface area contributed by atoms with Crippen LogP contribution < -0.4 is 4.90 Å². The third-order valence-corrected chi connectivity index (χ3v) is 5.95. The molecule has 0 spiro atoms. The number of H-pyrrole nitrogens is 1. The average molecular weight is 347 g/mol. The maximum absolute atomic E-state index is 12.9. The molecule has 1 N–H and O–H groups in total. The summed E-state index contributed by atoms with van der Waals surface area (Å²) >= 11 is 0. The summed E-state index contributed by atoms with van der Waals surface area (Å²) in [5.41, 5.74) is 2.73. The summed E-state index contributed by atoms with van der Waals surface area (Å²) in [6.07, 6.45) is 3.38. The Morgan fingerprint density at radius 1 is 1.25 bits per heavy atom. The van der Waals surface area contributed by atoms with Crippen LogP contribution in [0.5, 0.6) is 0 Å². The molecule has 3 rings (SSSR count). The van der Waals surface area contributed by atoms with Gasteiger partial charge in [-0.1, -0.05) is 0 Å². The van der Waals surface area contributed by atoms with Crippen LogP contribution in [-0.4, -0.2) is 45.9 Å². The lowest BCUT2D eigenvalue weighted by Crippen LogP contribution is -2.22. The molecular weight excluding hydrogens is 326 g/mol. The smallest absolute Gasteiger partial charge is 0.257 e. The van der Waals surface area contributed by atoms with Crippen molar-refractivity contribution in [1.82, 2.24) is 15.4 Å². The number of amides is 1. The molecule has 8 heteroatoms. The molecular formula is C16H21N5O2S. The zero-order valence-electron chi connectivity index (χ0n) is 14.0. The minimum absolute atomic E-state index is 0.274. The predicted molar refractivity (Wildman–Crippen MR) is 92.4 cm³/mol. The normalized spacial score (nSPS) is 19.2. The van der Waals surface area contributed by atoms with Crippen molar-refractivity contribution >= 4 is 21.3 Å². The van der Waals surface area contributed by atoms with Crippen LogP contribution in [-0.2, 0) is 27.4 Å². The molecule has 1 aliphatic carbocycles. The van der Waals surface area contributed by atoms with Crippen LogP contribution >= 0.6 is 0 Å². The molecule has 1 aromatic heterocycles. The number of aromatic nitrogens is 3. The highest BCUT2D eigenvalue weighted by Crippen LogP contribution is 2.25. The van der Waals surface area contributed by atoms with E-state index in [-0.39, 0.29) is 11.8 Å². The molecule has 0 fully saturated rings. The van der Waals surface area contributed by atoms with Crippen LogP contribution in [0.2, 0.25) is 0 Å². The van der Waals surface area contributed by atoms with Crippen molar-refractivity contribution in [2.45, 2.75) is 24.2 Å². The van der Waals surface area contributed by atoms with E-state index in [0.717, 1.165) is 17.1 Å². The van der Waals surface area contributed by atoms with Crippen LogP contribution in [0.1, 0.15) is 17.8 Å². The summed E-state index contributed by atoms with van der Waals surface area (Å²) in [5.74, 6) is -0.586. The van der Waals surface area contributed by atoms with Gasteiger partial charge in [0.15, 0.2) is 0 Å². The standard InChI is InChI=1S/C16H21N5O2S/c1-21(2)12-5-7-13(8-6-12)24(3,23)19-16(22)11-4-9-14-15(10-11)18-20-17-14/h5-8,11H,4,9-10H2,1-3H3,(H,17,18,20)/t11-,24+/m1/s1. The molecule has 0 saturated carbocycles. The van der Waals surface area contributed by atoms with E-state index in [0.29, 0.717) is 24.2 Å². The number of hydrogen-bond acceptors (Lipinski definition) is 5. The fraction of sp³-hybridized carbons (Fsp3) is 0.438. The van der Waals surface area contributed by atoms with Gasteiger partial charge in [0.25, 0.3) is 5.91 Å². The lowest BCUT2D eigenvalue weighted by molar-refractivity contribution is -0.121. The van der Waals surface area contributed by atoms with Crippen molar-refractivity contribution in [2.24, 2.45) is 10.3 Å². The van der Waals surface area contributed by atoms with Crippen molar-refractivity contribution in [2.75, 3.05) is 25.3 Å². The van der Waals surface area contributed by atoms with Gasteiger partial charge in [0.2, 0.25) is 0 Å². The summed E-state index contributed by atoms with van der Waals surface area (Å²) < 4.78 is 16.9. The topological polar surface area (TPSA) is 91.3 Å². The van der Waals surface area contributed by atoms with Crippen LogP contribution in [0.4, 0.5) is 5.69 Å². The number of hydrogen-bond donors (Lipinski definition) is 1. The summed E-state index contributed by atoms with van der Waals surface area (Å²) in [6, 6.07) is 7.29. The van der Waals surface area contributed by atoms with Gasteiger partial charge in [0.05, 0.1) is 21.1 Å². The Bertz CT molecular complexity index is 863. The van der Waals surface area contributed by atoms with Gasteiger partial charge < -0.3 is 4.90 Å². The Morgan fingerprint density at radius 2 is 1.92 bits per heavy atom. The molecule has 2 atom stereocenters. The minimum Gasteiger partial charge on any atom is -0.378 e. The molecule has 0 bridgehead atoms. The SMILES string of the molecule is CN(C)c1ccc([S@](C)(=O)=NC(=O)[C@@H]2CCc3n[nH]nc3C2)cc1. The largest absolute Gasteiger partial charge is 0.378 e. The first-order valence-corrected chi connectivity index (χ1v) is 9.71. The maximum atomic E-state index is 12.9. The minimum atomic E-state index is -2.75. The van der Waals surface area contributed by atoms with Gasteiger partial charge in [0, 0.05) is 43.3 Å². The quantitative estimate of drug-likeness (QED) is 0.912. The number of anilines is 1. The Labute approximate surface area is 141 Å². The number of aryl methyl sites for hydroxylation is 1. The molecule has 7 nitrogen and oxygen atoms in total. The van der Waals surface area contributed by atoms with E-state index < -0.39 is 9.73 Å². The molecule has 2 aromatic rings. The Kier molecular flexibility index (Phi) is 4.40. The van der Waals surface area contributed by atoms with Crippen LogP contribution in [0, 0.1) is 5.92 Å². The van der Waals surface area contributed by atoms with Gasteiger partial charge in [-0.3, -0.25) is 4.79 Å². The van der Waals surface area contributed by atoms with Crippen molar-refractivity contribution in [3.8, 4) is 0 Å². The number of fused-ring (bicyclic) bond motifs is 1. The van der Waals surface area contributed by atoms with Gasteiger partial charge in [-0.15, -0.1) is 0 Å². The summed E-state index contributed by atoms with van der Waals surface area (Å²) in [4.78, 5) is 15.0. The highest BCUT2D eigenvalue weighted by molar-refractivity contribution is 7.93. The first kappa shape index (κ1) is 16.6. The molecule has 128 valence electrons. The van der Waals surface area contributed by atoms with Gasteiger partial charge in [0.1, 0.15) is 0 Å². The van der Waals surface area contributed by atoms with E-state index >= 15 is 0 Å². The third-order valence-electron chi connectivity index (χ3n) is 4.28. The van der Waals surface area contributed by atoms with Crippen LogP contribution in [0.3, 0.4) is 0 Å². The second kappa shape index (κ2) is 6.35. The number of carbonyl (C=O) groups is 1. The van der Waals surface area contributed by atoms with Gasteiger partial charge in [-0.2, -0.15) is 19.8 Å². The molecule has 24 heavy (non-hydrogen) atoms.